The van der Waals surface area contributed by atoms with Crippen molar-refractivity contribution in [3.63, 3.8) is 0 Å². The third kappa shape index (κ3) is 4.43. The normalized spacial score (nSPS) is 21.8. The highest BCUT2D eigenvalue weighted by Crippen LogP contribution is 2.19. The monoisotopic (exact) mass is 383 g/mol. The molecular formula is C20H29N7O. The molecule has 2 unspecified atom stereocenters. The van der Waals surface area contributed by atoms with E-state index in [4.69, 9.17) is 0 Å². The molecule has 4 heterocycles. The number of rotatable bonds is 5. The van der Waals surface area contributed by atoms with Gasteiger partial charge in [-0.25, -0.2) is 19.7 Å². The van der Waals surface area contributed by atoms with Gasteiger partial charge >= 0.3 is 6.03 Å². The lowest BCUT2D eigenvalue weighted by molar-refractivity contribution is 0.230. The minimum Gasteiger partial charge on any atom is -0.354 e. The molecule has 2 N–H and O–H groups in total. The fourth-order valence-electron chi connectivity index (χ4n) is 4.13. The van der Waals surface area contributed by atoms with E-state index in [0.29, 0.717) is 12.5 Å². The van der Waals surface area contributed by atoms with Gasteiger partial charge in [0.1, 0.15) is 18.0 Å². The Hall–Kier alpha value is -2.64. The predicted octanol–water partition coefficient (Wildman–Crippen LogP) is 1.77. The molecule has 1 saturated heterocycles. The van der Waals surface area contributed by atoms with Gasteiger partial charge in [0, 0.05) is 62.8 Å². The number of aromatic nitrogens is 4. The maximum absolute atomic E-state index is 12.4. The minimum absolute atomic E-state index is 0.0692. The number of fused-ring (bicyclic) bond motifs is 1. The van der Waals surface area contributed by atoms with Crippen molar-refractivity contribution in [1.82, 2.24) is 30.2 Å². The molecule has 1 fully saturated rings. The van der Waals surface area contributed by atoms with Crippen molar-refractivity contribution in [2.45, 2.75) is 51.6 Å². The lowest BCUT2D eigenvalue weighted by Gasteiger charge is -2.34. The van der Waals surface area contributed by atoms with Gasteiger partial charge in [0.15, 0.2) is 0 Å². The number of imidazole rings is 1. The number of piperidine rings is 1. The summed E-state index contributed by atoms with van der Waals surface area (Å²) in [5, 5.41) is 6.21. The molecule has 0 radical (unpaired) electrons. The Labute approximate surface area is 165 Å². The van der Waals surface area contributed by atoms with Gasteiger partial charge in [0.2, 0.25) is 0 Å². The molecule has 0 spiro atoms. The molecule has 2 aromatic heterocycles. The SMILES string of the molecule is CCc1cc(N2CCCC(NC(=O)NCC3CCc4nccn4C3)C2)ncn1. The maximum Gasteiger partial charge on any atom is 0.315 e. The molecule has 150 valence electrons. The standard InChI is InChI=1S/C20H29N7O/c1-2-16-10-19(24-14-23-16)26-8-3-4-17(13-26)25-20(28)22-11-15-5-6-18-21-7-9-27(18)12-15/h7,9-10,14-15,17H,2-6,8,11-13H2,1H3,(H2,22,25,28). The zero-order valence-corrected chi connectivity index (χ0v) is 16.5. The van der Waals surface area contributed by atoms with Crippen molar-refractivity contribution in [3.8, 4) is 0 Å². The molecule has 8 nitrogen and oxygen atoms in total. The van der Waals surface area contributed by atoms with Crippen LogP contribution in [0.3, 0.4) is 0 Å². The van der Waals surface area contributed by atoms with Crippen molar-refractivity contribution in [2.75, 3.05) is 24.5 Å². The molecule has 8 heteroatoms. The second kappa shape index (κ2) is 8.58. The van der Waals surface area contributed by atoms with E-state index in [2.05, 4.69) is 48.0 Å². The first kappa shape index (κ1) is 18.7. The molecule has 0 bridgehead atoms. The van der Waals surface area contributed by atoms with Crippen LogP contribution in [0.4, 0.5) is 10.6 Å². The Morgan fingerprint density at radius 1 is 1.25 bits per heavy atom. The summed E-state index contributed by atoms with van der Waals surface area (Å²) in [5.74, 6) is 2.57. The Morgan fingerprint density at radius 3 is 3.07 bits per heavy atom. The number of hydrogen-bond donors (Lipinski definition) is 2. The van der Waals surface area contributed by atoms with Crippen LogP contribution in [-0.4, -0.2) is 51.2 Å². The number of nitrogens with zero attached hydrogens (tertiary/aromatic N) is 5. The average Bonchev–Trinajstić information content (AvgIpc) is 3.20. The number of urea groups is 1. The van der Waals surface area contributed by atoms with E-state index in [-0.39, 0.29) is 12.1 Å². The lowest BCUT2D eigenvalue weighted by atomic mass is 9.99. The number of carbonyl (C=O) groups is 1. The van der Waals surface area contributed by atoms with Crippen LogP contribution in [-0.2, 0) is 19.4 Å². The number of nitrogens with one attached hydrogen (secondary N) is 2. The summed E-state index contributed by atoms with van der Waals surface area (Å²) >= 11 is 0. The number of aryl methyl sites for hydroxylation is 2. The van der Waals surface area contributed by atoms with E-state index in [1.165, 1.54) is 0 Å². The van der Waals surface area contributed by atoms with Crippen LogP contribution in [0.5, 0.6) is 0 Å². The van der Waals surface area contributed by atoms with Crippen LogP contribution in [0.25, 0.3) is 0 Å². The van der Waals surface area contributed by atoms with E-state index < -0.39 is 0 Å². The van der Waals surface area contributed by atoms with Crippen LogP contribution in [0, 0.1) is 5.92 Å². The lowest BCUT2D eigenvalue weighted by Crippen LogP contribution is -2.51. The zero-order chi connectivity index (χ0) is 19.3. The smallest absolute Gasteiger partial charge is 0.315 e. The maximum atomic E-state index is 12.4. The Bertz CT molecular complexity index is 805. The molecule has 4 rings (SSSR count). The Morgan fingerprint density at radius 2 is 2.18 bits per heavy atom. The zero-order valence-electron chi connectivity index (χ0n) is 16.5. The Kier molecular flexibility index (Phi) is 5.73. The van der Waals surface area contributed by atoms with Crippen molar-refractivity contribution in [1.29, 1.82) is 0 Å². The van der Waals surface area contributed by atoms with E-state index in [0.717, 1.165) is 69.1 Å². The van der Waals surface area contributed by atoms with Gasteiger partial charge in [-0.3, -0.25) is 0 Å². The summed E-state index contributed by atoms with van der Waals surface area (Å²) in [5.41, 5.74) is 1.05. The molecular weight excluding hydrogens is 354 g/mol. The second-order valence-electron chi connectivity index (χ2n) is 7.76. The fourth-order valence-corrected chi connectivity index (χ4v) is 4.13. The van der Waals surface area contributed by atoms with E-state index in [1.54, 1.807) is 6.33 Å². The van der Waals surface area contributed by atoms with Gasteiger partial charge in [-0.15, -0.1) is 0 Å². The number of hydrogen-bond acceptors (Lipinski definition) is 5. The van der Waals surface area contributed by atoms with Crippen LogP contribution in [0.2, 0.25) is 0 Å². The van der Waals surface area contributed by atoms with Crippen LogP contribution in [0.15, 0.2) is 24.8 Å². The summed E-state index contributed by atoms with van der Waals surface area (Å²) in [6.45, 7) is 5.48. The molecule has 2 aliphatic heterocycles. The molecule has 2 amide bonds. The predicted molar refractivity (Wildman–Crippen MR) is 107 cm³/mol. The summed E-state index contributed by atoms with van der Waals surface area (Å²) in [7, 11) is 0. The van der Waals surface area contributed by atoms with Crippen molar-refractivity contribution in [2.24, 2.45) is 5.92 Å². The molecule has 0 saturated carbocycles. The first-order valence-electron chi connectivity index (χ1n) is 10.3. The fraction of sp³-hybridized carbons (Fsp3) is 0.600. The van der Waals surface area contributed by atoms with Gasteiger partial charge in [-0.2, -0.15) is 0 Å². The van der Waals surface area contributed by atoms with Crippen LogP contribution >= 0.6 is 0 Å². The number of anilines is 1. The highest BCUT2D eigenvalue weighted by molar-refractivity contribution is 5.74. The van der Waals surface area contributed by atoms with Crippen LogP contribution in [0.1, 0.15) is 37.7 Å². The first-order chi connectivity index (χ1) is 13.7. The minimum atomic E-state index is -0.0692. The molecule has 2 aliphatic rings. The van der Waals surface area contributed by atoms with Gasteiger partial charge in [-0.05, 0) is 31.6 Å². The Balaban J connectivity index is 1.25. The number of amides is 2. The van der Waals surface area contributed by atoms with Gasteiger partial charge in [-0.1, -0.05) is 6.92 Å². The highest BCUT2D eigenvalue weighted by atomic mass is 16.2. The van der Waals surface area contributed by atoms with Gasteiger partial charge in [0.25, 0.3) is 0 Å². The third-order valence-corrected chi connectivity index (χ3v) is 5.74. The van der Waals surface area contributed by atoms with Gasteiger partial charge < -0.3 is 20.1 Å². The molecule has 0 aromatic carbocycles. The van der Waals surface area contributed by atoms with Crippen LogP contribution < -0.4 is 15.5 Å². The molecule has 2 aromatic rings. The largest absolute Gasteiger partial charge is 0.354 e. The second-order valence-corrected chi connectivity index (χ2v) is 7.76. The third-order valence-electron chi connectivity index (χ3n) is 5.74. The quantitative estimate of drug-likeness (QED) is 0.822. The molecule has 28 heavy (non-hydrogen) atoms. The van der Waals surface area contributed by atoms with E-state index in [1.807, 2.05) is 12.4 Å². The summed E-state index contributed by atoms with van der Waals surface area (Å²) < 4.78 is 2.19. The van der Waals surface area contributed by atoms with Crippen molar-refractivity contribution >= 4 is 11.8 Å². The molecule has 2 atom stereocenters. The first-order valence-corrected chi connectivity index (χ1v) is 10.3. The van der Waals surface area contributed by atoms with Crippen molar-refractivity contribution < 1.29 is 4.79 Å². The van der Waals surface area contributed by atoms with Gasteiger partial charge in [0.05, 0.1) is 0 Å². The molecule has 0 aliphatic carbocycles. The highest BCUT2D eigenvalue weighted by Gasteiger charge is 2.24. The summed E-state index contributed by atoms with van der Waals surface area (Å²) in [4.78, 5) is 27.7. The van der Waals surface area contributed by atoms with E-state index >= 15 is 0 Å². The van der Waals surface area contributed by atoms with E-state index in [9.17, 15) is 4.79 Å². The average molecular weight is 384 g/mol. The topological polar surface area (TPSA) is 88.0 Å². The number of carbonyl (C=O) groups excluding carboxylic acids is 1. The summed E-state index contributed by atoms with van der Waals surface area (Å²) in [6.07, 6.45) is 10.5. The van der Waals surface area contributed by atoms with Crippen molar-refractivity contribution in [3.05, 3.63) is 36.3 Å². The summed E-state index contributed by atoms with van der Waals surface area (Å²) in [6, 6.07) is 2.12.